The Labute approximate surface area is 118 Å². The summed E-state index contributed by atoms with van der Waals surface area (Å²) in [5, 5.41) is 0. The molecule has 0 bridgehead atoms. The van der Waals surface area contributed by atoms with Crippen molar-refractivity contribution in [2.45, 2.75) is 65.8 Å². The van der Waals surface area contributed by atoms with Crippen molar-refractivity contribution in [1.29, 1.82) is 0 Å². The highest BCUT2D eigenvalue weighted by Crippen LogP contribution is 2.37. The zero-order valence-corrected chi connectivity index (χ0v) is 13.2. The van der Waals surface area contributed by atoms with E-state index in [9.17, 15) is 0 Å². The molecule has 1 aliphatic rings. The van der Waals surface area contributed by atoms with Crippen LogP contribution in [0.1, 0.15) is 55.4 Å². The molecular formula is C18H29N. The zero-order chi connectivity index (χ0) is 14.2. The molecule has 2 atom stereocenters. The van der Waals surface area contributed by atoms with Gasteiger partial charge in [0.05, 0.1) is 0 Å². The van der Waals surface area contributed by atoms with Crippen molar-refractivity contribution in [3.63, 3.8) is 0 Å². The summed E-state index contributed by atoms with van der Waals surface area (Å²) in [5.41, 5.74) is 12.4. The quantitative estimate of drug-likeness (QED) is 0.841. The van der Waals surface area contributed by atoms with E-state index in [0.29, 0.717) is 0 Å². The minimum absolute atomic E-state index is 0.00185. The average Bonchev–Trinajstić information content (AvgIpc) is 2.21. The molecule has 0 radical (unpaired) electrons. The van der Waals surface area contributed by atoms with Crippen molar-refractivity contribution in [3.05, 3.63) is 34.4 Å². The van der Waals surface area contributed by atoms with E-state index in [4.69, 9.17) is 5.73 Å². The number of aryl methyl sites for hydroxylation is 3. The maximum Gasteiger partial charge on any atom is 0.0200 e. The molecule has 0 aliphatic heterocycles. The van der Waals surface area contributed by atoms with E-state index < -0.39 is 0 Å². The summed E-state index contributed by atoms with van der Waals surface area (Å²) in [7, 11) is 0. The Kier molecular flexibility index (Phi) is 4.06. The first kappa shape index (κ1) is 14.6. The summed E-state index contributed by atoms with van der Waals surface area (Å²) < 4.78 is 0. The predicted octanol–water partition coefficient (Wildman–Crippen LogP) is 4.31. The van der Waals surface area contributed by atoms with E-state index in [1.807, 2.05) is 0 Å². The summed E-state index contributed by atoms with van der Waals surface area (Å²) in [6.45, 7) is 11.3. The molecule has 0 spiro atoms. The van der Waals surface area contributed by atoms with Crippen LogP contribution in [0.25, 0.3) is 0 Å². The van der Waals surface area contributed by atoms with Gasteiger partial charge >= 0.3 is 0 Å². The van der Waals surface area contributed by atoms with Crippen LogP contribution in [0.2, 0.25) is 0 Å². The lowest BCUT2D eigenvalue weighted by molar-refractivity contribution is 0.182. The van der Waals surface area contributed by atoms with Crippen molar-refractivity contribution < 1.29 is 0 Å². The van der Waals surface area contributed by atoms with Gasteiger partial charge in [0.1, 0.15) is 0 Å². The third kappa shape index (κ3) is 3.39. The standard InChI is InChI=1S/C18H29N/c1-12-7-15(4)17(16(5)8-12)11-18(19)9-13(2)6-14(3)10-18/h7-8,13-14H,6,9-11,19H2,1-5H3. The van der Waals surface area contributed by atoms with E-state index in [2.05, 4.69) is 46.8 Å². The lowest BCUT2D eigenvalue weighted by Crippen LogP contribution is -2.48. The molecule has 1 aliphatic carbocycles. The van der Waals surface area contributed by atoms with Gasteiger partial charge in [0.2, 0.25) is 0 Å². The van der Waals surface area contributed by atoms with E-state index in [1.54, 1.807) is 0 Å². The van der Waals surface area contributed by atoms with Gasteiger partial charge in [0.15, 0.2) is 0 Å². The molecule has 1 heteroatoms. The SMILES string of the molecule is Cc1cc(C)c(CC2(N)CC(C)CC(C)C2)c(C)c1. The minimum Gasteiger partial charge on any atom is -0.325 e. The Hall–Kier alpha value is -0.820. The molecule has 0 aromatic heterocycles. The Morgan fingerprint density at radius 1 is 1.05 bits per heavy atom. The molecule has 1 aromatic rings. The van der Waals surface area contributed by atoms with Crippen LogP contribution in [0.5, 0.6) is 0 Å². The molecule has 1 aromatic carbocycles. The van der Waals surface area contributed by atoms with Gasteiger partial charge in [-0.2, -0.15) is 0 Å². The molecule has 1 fully saturated rings. The van der Waals surface area contributed by atoms with Crippen LogP contribution >= 0.6 is 0 Å². The smallest absolute Gasteiger partial charge is 0.0200 e. The molecule has 1 nitrogen and oxygen atoms in total. The highest BCUT2D eigenvalue weighted by Gasteiger charge is 2.35. The fourth-order valence-corrected chi connectivity index (χ4v) is 4.31. The van der Waals surface area contributed by atoms with Crippen LogP contribution in [0, 0.1) is 32.6 Å². The molecule has 0 saturated heterocycles. The number of hydrogen-bond donors (Lipinski definition) is 1. The molecule has 2 N–H and O–H groups in total. The number of benzene rings is 1. The lowest BCUT2D eigenvalue weighted by Gasteiger charge is -2.41. The summed E-state index contributed by atoms with van der Waals surface area (Å²) in [4.78, 5) is 0. The molecule has 106 valence electrons. The predicted molar refractivity (Wildman–Crippen MR) is 83.5 cm³/mol. The summed E-state index contributed by atoms with van der Waals surface area (Å²) >= 11 is 0. The average molecular weight is 259 g/mol. The van der Waals surface area contributed by atoms with Crippen molar-refractivity contribution in [3.8, 4) is 0 Å². The summed E-state index contributed by atoms with van der Waals surface area (Å²) in [6.07, 6.45) is 4.72. The van der Waals surface area contributed by atoms with Crippen molar-refractivity contribution in [2.24, 2.45) is 17.6 Å². The van der Waals surface area contributed by atoms with E-state index >= 15 is 0 Å². The fourth-order valence-electron chi connectivity index (χ4n) is 4.31. The van der Waals surface area contributed by atoms with E-state index in [0.717, 1.165) is 18.3 Å². The highest BCUT2D eigenvalue weighted by atomic mass is 14.8. The molecule has 2 rings (SSSR count). The topological polar surface area (TPSA) is 26.0 Å². The number of nitrogens with two attached hydrogens (primary N) is 1. The van der Waals surface area contributed by atoms with E-state index in [-0.39, 0.29) is 5.54 Å². The maximum absolute atomic E-state index is 6.75. The fraction of sp³-hybridized carbons (Fsp3) is 0.667. The van der Waals surface area contributed by atoms with Gasteiger partial charge in [-0.1, -0.05) is 31.5 Å². The van der Waals surface area contributed by atoms with Gasteiger partial charge in [-0.25, -0.2) is 0 Å². The van der Waals surface area contributed by atoms with Crippen LogP contribution < -0.4 is 5.73 Å². The molecule has 19 heavy (non-hydrogen) atoms. The summed E-state index contributed by atoms with van der Waals surface area (Å²) in [6, 6.07) is 4.59. The van der Waals surface area contributed by atoms with Crippen LogP contribution in [-0.4, -0.2) is 5.54 Å². The Morgan fingerprint density at radius 3 is 2.00 bits per heavy atom. The largest absolute Gasteiger partial charge is 0.325 e. The van der Waals surface area contributed by atoms with Gasteiger partial charge in [-0.15, -0.1) is 0 Å². The Morgan fingerprint density at radius 2 is 1.53 bits per heavy atom. The van der Waals surface area contributed by atoms with Crippen LogP contribution in [0.15, 0.2) is 12.1 Å². The van der Waals surface area contributed by atoms with Crippen molar-refractivity contribution in [2.75, 3.05) is 0 Å². The van der Waals surface area contributed by atoms with Gasteiger partial charge < -0.3 is 5.73 Å². The second kappa shape index (κ2) is 5.28. The molecule has 2 unspecified atom stereocenters. The Balaban J connectivity index is 2.25. The minimum atomic E-state index is 0.00185. The monoisotopic (exact) mass is 259 g/mol. The van der Waals surface area contributed by atoms with Gasteiger partial charge in [0.25, 0.3) is 0 Å². The molecule has 1 saturated carbocycles. The van der Waals surface area contributed by atoms with Gasteiger partial charge in [-0.05, 0) is 75.0 Å². The second-order valence-corrected chi connectivity index (χ2v) is 7.27. The lowest BCUT2D eigenvalue weighted by atomic mass is 9.69. The Bertz CT molecular complexity index is 428. The highest BCUT2D eigenvalue weighted by molar-refractivity contribution is 5.38. The number of rotatable bonds is 2. The first-order valence-corrected chi connectivity index (χ1v) is 7.65. The third-order valence-electron chi connectivity index (χ3n) is 4.68. The van der Waals surface area contributed by atoms with Crippen LogP contribution in [-0.2, 0) is 6.42 Å². The molecule has 0 heterocycles. The third-order valence-corrected chi connectivity index (χ3v) is 4.68. The maximum atomic E-state index is 6.75. The first-order chi connectivity index (χ1) is 8.79. The van der Waals surface area contributed by atoms with Gasteiger partial charge in [-0.3, -0.25) is 0 Å². The first-order valence-electron chi connectivity index (χ1n) is 7.65. The van der Waals surface area contributed by atoms with E-state index in [1.165, 1.54) is 41.5 Å². The second-order valence-electron chi connectivity index (χ2n) is 7.27. The molecule has 0 amide bonds. The normalized spacial score (nSPS) is 31.5. The number of hydrogen-bond acceptors (Lipinski definition) is 1. The zero-order valence-electron chi connectivity index (χ0n) is 13.2. The van der Waals surface area contributed by atoms with Crippen molar-refractivity contribution >= 4 is 0 Å². The van der Waals surface area contributed by atoms with Crippen LogP contribution in [0.4, 0.5) is 0 Å². The molecular weight excluding hydrogens is 230 g/mol. The van der Waals surface area contributed by atoms with Crippen LogP contribution in [0.3, 0.4) is 0 Å². The van der Waals surface area contributed by atoms with Gasteiger partial charge in [0, 0.05) is 5.54 Å². The summed E-state index contributed by atoms with van der Waals surface area (Å²) in [5.74, 6) is 1.53. The van der Waals surface area contributed by atoms with Crippen molar-refractivity contribution in [1.82, 2.24) is 0 Å².